The first-order valence-electron chi connectivity index (χ1n) is 15.3. The summed E-state index contributed by atoms with van der Waals surface area (Å²) in [6, 6.07) is 27.9. The quantitative estimate of drug-likeness (QED) is 0.234. The lowest BCUT2D eigenvalue weighted by Crippen LogP contribution is -2.51. The average molecular weight is 570 g/mol. The fourth-order valence-corrected chi connectivity index (χ4v) is 6.44. The molecule has 41 heavy (non-hydrogen) atoms. The highest BCUT2D eigenvalue weighted by Gasteiger charge is 2.25. The van der Waals surface area contributed by atoms with Crippen LogP contribution in [-0.2, 0) is 6.54 Å². The van der Waals surface area contributed by atoms with Crippen LogP contribution in [0, 0.1) is 5.92 Å². The molecule has 216 valence electrons. The molecular weight excluding hydrogens is 526 g/mol. The number of amides is 1. The van der Waals surface area contributed by atoms with Crippen LogP contribution in [-0.4, -0.2) is 41.0 Å². The van der Waals surface area contributed by atoms with Gasteiger partial charge in [0, 0.05) is 31.2 Å². The molecule has 6 heteroatoms. The van der Waals surface area contributed by atoms with Crippen molar-refractivity contribution in [3.63, 3.8) is 0 Å². The Hall–Kier alpha value is -3.22. The van der Waals surface area contributed by atoms with Crippen molar-refractivity contribution in [2.45, 2.75) is 76.4 Å². The van der Waals surface area contributed by atoms with E-state index >= 15 is 0 Å². The number of carbonyl (C=O) groups is 1. The number of para-hydroxylation sites is 1. The lowest BCUT2D eigenvalue weighted by atomic mass is 9.85. The molecule has 1 saturated heterocycles. The Kier molecular flexibility index (Phi) is 10.8. The van der Waals surface area contributed by atoms with Gasteiger partial charge in [0.1, 0.15) is 11.5 Å². The molecule has 3 aromatic carbocycles. The van der Waals surface area contributed by atoms with Crippen LogP contribution >= 0.6 is 12.2 Å². The van der Waals surface area contributed by atoms with E-state index in [0.717, 1.165) is 62.0 Å². The van der Waals surface area contributed by atoms with Gasteiger partial charge in [-0.1, -0.05) is 98.9 Å². The Morgan fingerprint density at radius 1 is 0.854 bits per heavy atom. The predicted octanol–water partition coefficient (Wildman–Crippen LogP) is 7.52. The zero-order valence-electron chi connectivity index (χ0n) is 24.0. The highest BCUT2D eigenvalue weighted by Crippen LogP contribution is 2.28. The molecule has 1 amide bonds. The molecule has 0 aromatic heterocycles. The number of carbonyl (C=O) groups excluding carboxylic acids is 1. The molecule has 5 rings (SSSR count). The van der Waals surface area contributed by atoms with E-state index in [2.05, 4.69) is 45.9 Å². The largest absolute Gasteiger partial charge is 0.457 e. The maximum atomic E-state index is 13.5. The minimum absolute atomic E-state index is 0.112. The van der Waals surface area contributed by atoms with Gasteiger partial charge < -0.3 is 15.4 Å². The van der Waals surface area contributed by atoms with Gasteiger partial charge in [0.25, 0.3) is 5.91 Å². The van der Waals surface area contributed by atoms with Gasteiger partial charge >= 0.3 is 0 Å². The molecule has 3 aromatic rings. The molecule has 5 nitrogen and oxygen atoms in total. The first-order chi connectivity index (χ1) is 20.1. The Morgan fingerprint density at radius 2 is 1.54 bits per heavy atom. The molecule has 1 heterocycles. The van der Waals surface area contributed by atoms with Gasteiger partial charge in [-0.15, -0.1) is 0 Å². The van der Waals surface area contributed by atoms with E-state index in [1.165, 1.54) is 37.7 Å². The summed E-state index contributed by atoms with van der Waals surface area (Å²) < 4.78 is 5.97. The summed E-state index contributed by atoms with van der Waals surface area (Å²) in [4.78, 5) is 16.8. The number of nitrogens with zero attached hydrogens (tertiary/aromatic N) is 1. The fraction of sp³-hybridized carbons (Fsp3) is 0.429. The number of ether oxygens (including phenoxy) is 1. The van der Waals surface area contributed by atoms with Crippen molar-refractivity contribution in [2.75, 3.05) is 13.1 Å². The minimum Gasteiger partial charge on any atom is -0.457 e. The van der Waals surface area contributed by atoms with Crippen LogP contribution in [0.15, 0.2) is 84.9 Å². The number of likely N-dealkylation sites (tertiary alicyclic amines) is 1. The second-order valence-corrected chi connectivity index (χ2v) is 12.0. The van der Waals surface area contributed by atoms with Gasteiger partial charge in [0.05, 0.1) is 11.0 Å². The molecule has 0 radical (unpaired) electrons. The Bertz CT molecular complexity index is 1240. The van der Waals surface area contributed by atoms with Crippen LogP contribution in [0.5, 0.6) is 11.5 Å². The average Bonchev–Trinajstić information content (AvgIpc) is 3.02. The molecule has 2 fully saturated rings. The third-order valence-corrected chi connectivity index (χ3v) is 8.87. The first-order valence-corrected chi connectivity index (χ1v) is 15.7. The summed E-state index contributed by atoms with van der Waals surface area (Å²) in [7, 11) is 0. The maximum absolute atomic E-state index is 13.5. The molecule has 1 saturated carbocycles. The monoisotopic (exact) mass is 569 g/mol. The molecule has 2 aliphatic rings. The van der Waals surface area contributed by atoms with E-state index in [9.17, 15) is 4.79 Å². The van der Waals surface area contributed by atoms with E-state index in [0.29, 0.717) is 17.4 Å². The van der Waals surface area contributed by atoms with Crippen molar-refractivity contribution in [1.82, 2.24) is 15.5 Å². The second-order valence-electron chi connectivity index (χ2n) is 11.6. The van der Waals surface area contributed by atoms with Gasteiger partial charge in [0.2, 0.25) is 0 Å². The number of hydrogen-bond acceptors (Lipinski definition) is 4. The smallest absolute Gasteiger partial charge is 0.251 e. The molecule has 1 aliphatic heterocycles. The topological polar surface area (TPSA) is 53.6 Å². The van der Waals surface area contributed by atoms with E-state index in [1.54, 1.807) is 6.07 Å². The molecule has 1 aliphatic carbocycles. The van der Waals surface area contributed by atoms with Gasteiger partial charge in [-0.3, -0.25) is 9.69 Å². The van der Waals surface area contributed by atoms with Gasteiger partial charge in [-0.05, 0) is 67.5 Å². The first kappa shape index (κ1) is 29.3. The molecule has 0 unspecified atom stereocenters. The van der Waals surface area contributed by atoms with Crippen LogP contribution in [0.25, 0.3) is 0 Å². The van der Waals surface area contributed by atoms with Crippen molar-refractivity contribution >= 4 is 23.1 Å². The second kappa shape index (κ2) is 15.1. The van der Waals surface area contributed by atoms with Crippen molar-refractivity contribution < 1.29 is 9.53 Å². The minimum atomic E-state index is -0.180. The van der Waals surface area contributed by atoms with E-state index < -0.39 is 0 Å². The lowest BCUT2D eigenvalue weighted by Gasteiger charge is -2.34. The zero-order chi connectivity index (χ0) is 28.3. The Labute approximate surface area is 250 Å². The molecule has 1 atom stereocenters. The Morgan fingerprint density at radius 3 is 2.27 bits per heavy atom. The van der Waals surface area contributed by atoms with Crippen LogP contribution < -0.4 is 15.4 Å². The lowest BCUT2D eigenvalue weighted by molar-refractivity contribution is 0.0943. The molecule has 0 bridgehead atoms. The number of benzene rings is 3. The number of hydrogen-bond donors (Lipinski definition) is 2. The molecule has 0 spiro atoms. The maximum Gasteiger partial charge on any atom is 0.251 e. The summed E-state index contributed by atoms with van der Waals surface area (Å²) in [5, 5.41) is 6.94. The highest BCUT2D eigenvalue weighted by molar-refractivity contribution is 7.80. The summed E-state index contributed by atoms with van der Waals surface area (Å²) in [6.07, 6.45) is 10.6. The van der Waals surface area contributed by atoms with Crippen molar-refractivity contribution in [1.29, 1.82) is 0 Å². The van der Waals surface area contributed by atoms with E-state index in [4.69, 9.17) is 17.0 Å². The van der Waals surface area contributed by atoms with Crippen LogP contribution in [0.4, 0.5) is 0 Å². The van der Waals surface area contributed by atoms with Crippen LogP contribution in [0.3, 0.4) is 0 Å². The third kappa shape index (κ3) is 9.14. The van der Waals surface area contributed by atoms with Crippen LogP contribution in [0.2, 0.25) is 0 Å². The van der Waals surface area contributed by atoms with Gasteiger partial charge in [-0.25, -0.2) is 0 Å². The SMILES string of the molecule is O=C(N[C@H](CCC1CCCCC1)C(=S)NC1CCN(Cc2ccccc2)CC1)c1cccc(Oc2ccccc2)c1. The normalized spacial score (nSPS) is 17.5. The van der Waals surface area contributed by atoms with Crippen molar-refractivity contribution in [2.24, 2.45) is 5.92 Å². The predicted molar refractivity (Wildman–Crippen MR) is 170 cm³/mol. The highest BCUT2D eigenvalue weighted by atomic mass is 32.1. The molecule has 2 N–H and O–H groups in total. The zero-order valence-corrected chi connectivity index (χ0v) is 24.8. The third-order valence-electron chi connectivity index (χ3n) is 8.47. The number of thiocarbonyl (C=S) groups is 1. The summed E-state index contributed by atoms with van der Waals surface area (Å²) in [5.74, 6) is 2.01. The summed E-state index contributed by atoms with van der Waals surface area (Å²) in [6.45, 7) is 3.08. The van der Waals surface area contributed by atoms with Gasteiger partial charge in [-0.2, -0.15) is 0 Å². The number of piperidine rings is 1. The Balaban J connectivity index is 1.18. The van der Waals surface area contributed by atoms with E-state index in [-0.39, 0.29) is 11.9 Å². The van der Waals surface area contributed by atoms with Crippen molar-refractivity contribution in [3.05, 3.63) is 96.1 Å². The molecular formula is C35H43N3O2S. The van der Waals surface area contributed by atoms with E-state index in [1.807, 2.05) is 48.5 Å². The van der Waals surface area contributed by atoms with Crippen molar-refractivity contribution in [3.8, 4) is 11.5 Å². The van der Waals surface area contributed by atoms with Crippen LogP contribution in [0.1, 0.15) is 73.7 Å². The number of nitrogens with one attached hydrogen (secondary N) is 2. The summed E-state index contributed by atoms with van der Waals surface area (Å²) in [5.41, 5.74) is 1.94. The standard InChI is InChI=1S/C35H43N3O2S/c39-34(29-15-10-18-32(25-29)40-31-16-8-3-9-17-31)37-33(20-19-27-11-4-1-5-12-27)35(41)36-30-21-23-38(24-22-30)26-28-13-6-2-7-14-28/h2-3,6-10,13-18,25,27,30,33H,1,4-5,11-12,19-24,26H2,(H,36,41)(H,37,39)/t33-/m1/s1. The van der Waals surface area contributed by atoms with Gasteiger partial charge in [0.15, 0.2) is 0 Å². The fourth-order valence-electron chi connectivity index (χ4n) is 6.09. The summed E-state index contributed by atoms with van der Waals surface area (Å²) >= 11 is 5.97. The number of rotatable bonds is 11.